The third kappa shape index (κ3) is 2.89. The van der Waals surface area contributed by atoms with Crippen molar-refractivity contribution >= 4 is 11.6 Å². The van der Waals surface area contributed by atoms with E-state index in [1.807, 2.05) is 25.2 Å². The first-order chi connectivity index (χ1) is 6.24. The van der Waals surface area contributed by atoms with Gasteiger partial charge in [0.1, 0.15) is 11.9 Å². The SMILES string of the molecule is C#COCOc1ccc(C)cc1Cl. The van der Waals surface area contributed by atoms with Gasteiger partial charge in [-0.15, -0.1) is 0 Å². The second-order valence-corrected chi connectivity index (χ2v) is 2.87. The van der Waals surface area contributed by atoms with Crippen LogP contribution in [0.2, 0.25) is 5.02 Å². The minimum atomic E-state index is 0.0132. The molecule has 0 N–H and O–H groups in total. The zero-order valence-corrected chi connectivity index (χ0v) is 7.97. The molecule has 68 valence electrons. The fourth-order valence-corrected chi connectivity index (χ4v) is 1.14. The lowest BCUT2D eigenvalue weighted by Crippen LogP contribution is -1.98. The normalized spacial score (nSPS) is 9.00. The molecule has 0 saturated heterocycles. The van der Waals surface area contributed by atoms with E-state index in [1.165, 1.54) is 0 Å². The lowest BCUT2D eigenvalue weighted by molar-refractivity contribution is 0.0951. The molecule has 0 saturated carbocycles. The zero-order chi connectivity index (χ0) is 9.68. The van der Waals surface area contributed by atoms with Crippen LogP contribution in [0.15, 0.2) is 18.2 Å². The lowest BCUT2D eigenvalue weighted by atomic mass is 10.2. The van der Waals surface area contributed by atoms with Crippen LogP contribution in [0.25, 0.3) is 0 Å². The summed E-state index contributed by atoms with van der Waals surface area (Å²) in [6.45, 7) is 1.97. The molecule has 0 unspecified atom stereocenters. The summed E-state index contributed by atoms with van der Waals surface area (Å²) in [5, 5.41) is 0.556. The Labute approximate surface area is 82.4 Å². The molecule has 0 heterocycles. The number of hydrogen-bond donors (Lipinski definition) is 0. The smallest absolute Gasteiger partial charge is 0.241 e. The number of terminal acetylenes is 1. The third-order valence-electron chi connectivity index (χ3n) is 1.44. The van der Waals surface area contributed by atoms with Crippen molar-refractivity contribution in [2.75, 3.05) is 6.79 Å². The van der Waals surface area contributed by atoms with Crippen LogP contribution >= 0.6 is 11.6 Å². The van der Waals surface area contributed by atoms with E-state index in [9.17, 15) is 0 Å². The summed E-state index contributed by atoms with van der Waals surface area (Å²) in [7, 11) is 0. The van der Waals surface area contributed by atoms with Gasteiger partial charge in [-0.1, -0.05) is 24.1 Å². The number of benzene rings is 1. The molecule has 1 rings (SSSR count). The highest BCUT2D eigenvalue weighted by molar-refractivity contribution is 6.32. The van der Waals surface area contributed by atoms with Gasteiger partial charge in [0.05, 0.1) is 5.02 Å². The van der Waals surface area contributed by atoms with Crippen molar-refractivity contribution in [2.45, 2.75) is 6.92 Å². The molecule has 0 fully saturated rings. The van der Waals surface area contributed by atoms with Gasteiger partial charge in [-0.05, 0) is 24.6 Å². The van der Waals surface area contributed by atoms with Crippen molar-refractivity contribution in [1.82, 2.24) is 0 Å². The van der Waals surface area contributed by atoms with Gasteiger partial charge in [-0.3, -0.25) is 0 Å². The Hall–Kier alpha value is -1.33. The van der Waals surface area contributed by atoms with Crippen LogP contribution in [0.1, 0.15) is 5.56 Å². The minimum Gasteiger partial charge on any atom is -0.455 e. The Morgan fingerprint density at radius 3 is 2.92 bits per heavy atom. The minimum absolute atomic E-state index is 0.0132. The van der Waals surface area contributed by atoms with Crippen molar-refractivity contribution in [3.63, 3.8) is 0 Å². The number of aryl methyl sites for hydroxylation is 1. The highest BCUT2D eigenvalue weighted by atomic mass is 35.5. The molecule has 3 heteroatoms. The maximum Gasteiger partial charge on any atom is 0.241 e. The Balaban J connectivity index is 2.62. The molecular weight excluding hydrogens is 188 g/mol. The molecule has 0 aliphatic heterocycles. The molecule has 0 aromatic heterocycles. The molecule has 0 atom stereocenters. The monoisotopic (exact) mass is 196 g/mol. The van der Waals surface area contributed by atoms with Gasteiger partial charge in [0.25, 0.3) is 0 Å². The Morgan fingerprint density at radius 2 is 2.31 bits per heavy atom. The second-order valence-electron chi connectivity index (χ2n) is 2.46. The topological polar surface area (TPSA) is 18.5 Å². The molecule has 1 aromatic rings. The number of hydrogen-bond acceptors (Lipinski definition) is 2. The summed E-state index contributed by atoms with van der Waals surface area (Å²) < 4.78 is 9.71. The highest BCUT2D eigenvalue weighted by Crippen LogP contribution is 2.24. The second kappa shape index (κ2) is 4.64. The standard InChI is InChI=1S/C10H9ClO2/c1-3-12-7-13-10-5-4-8(2)6-9(10)11/h1,4-6H,7H2,2H3. The Kier molecular flexibility index (Phi) is 3.48. The average molecular weight is 197 g/mol. The predicted molar refractivity (Wildman–Crippen MR) is 51.6 cm³/mol. The lowest BCUT2D eigenvalue weighted by Gasteiger charge is -2.06. The van der Waals surface area contributed by atoms with E-state index in [2.05, 4.69) is 4.74 Å². The van der Waals surface area contributed by atoms with Gasteiger partial charge >= 0.3 is 0 Å². The summed E-state index contributed by atoms with van der Waals surface area (Å²) >= 11 is 5.88. The molecule has 0 aliphatic rings. The summed E-state index contributed by atoms with van der Waals surface area (Å²) in [5.74, 6) is 0.572. The zero-order valence-electron chi connectivity index (χ0n) is 7.21. The van der Waals surface area contributed by atoms with Crippen molar-refractivity contribution in [3.05, 3.63) is 28.8 Å². The van der Waals surface area contributed by atoms with Crippen LogP contribution in [0.4, 0.5) is 0 Å². The van der Waals surface area contributed by atoms with Gasteiger partial charge < -0.3 is 9.47 Å². The first-order valence-corrected chi connectivity index (χ1v) is 4.08. The van der Waals surface area contributed by atoms with Crippen LogP contribution in [-0.4, -0.2) is 6.79 Å². The van der Waals surface area contributed by atoms with Crippen molar-refractivity contribution in [1.29, 1.82) is 0 Å². The van der Waals surface area contributed by atoms with Crippen LogP contribution in [0, 0.1) is 19.5 Å². The van der Waals surface area contributed by atoms with Crippen molar-refractivity contribution in [2.24, 2.45) is 0 Å². The first kappa shape index (κ1) is 9.76. The molecule has 0 bridgehead atoms. The van der Waals surface area contributed by atoms with Gasteiger partial charge in [0.2, 0.25) is 6.79 Å². The van der Waals surface area contributed by atoms with E-state index in [-0.39, 0.29) is 6.79 Å². The number of ether oxygens (including phenoxy) is 2. The molecular formula is C10H9ClO2. The van der Waals surface area contributed by atoms with Crippen molar-refractivity contribution in [3.8, 4) is 18.3 Å². The average Bonchev–Trinajstić information content (AvgIpc) is 2.09. The number of halogens is 1. The Morgan fingerprint density at radius 1 is 1.54 bits per heavy atom. The van der Waals surface area contributed by atoms with E-state index >= 15 is 0 Å². The molecule has 0 radical (unpaired) electrons. The first-order valence-electron chi connectivity index (χ1n) is 3.70. The maximum atomic E-state index is 5.88. The fourth-order valence-electron chi connectivity index (χ4n) is 0.850. The van der Waals surface area contributed by atoms with Gasteiger partial charge in [-0.25, -0.2) is 0 Å². The van der Waals surface area contributed by atoms with Crippen LogP contribution in [-0.2, 0) is 4.74 Å². The van der Waals surface area contributed by atoms with Gasteiger partial charge in [-0.2, -0.15) is 0 Å². The van der Waals surface area contributed by atoms with E-state index in [1.54, 1.807) is 6.07 Å². The summed E-state index contributed by atoms with van der Waals surface area (Å²) in [6, 6.07) is 5.49. The van der Waals surface area contributed by atoms with E-state index in [0.29, 0.717) is 10.8 Å². The largest absolute Gasteiger partial charge is 0.455 e. The van der Waals surface area contributed by atoms with Gasteiger partial charge in [0, 0.05) is 0 Å². The van der Waals surface area contributed by atoms with Crippen LogP contribution in [0.5, 0.6) is 5.75 Å². The summed E-state index contributed by atoms with van der Waals surface area (Å²) in [4.78, 5) is 0. The Bertz CT molecular complexity index is 328. The molecule has 0 aliphatic carbocycles. The predicted octanol–water partition coefficient (Wildman–Crippen LogP) is 2.59. The highest BCUT2D eigenvalue weighted by Gasteiger charge is 2.00. The molecule has 2 nitrogen and oxygen atoms in total. The molecule has 0 spiro atoms. The molecule has 1 aromatic carbocycles. The van der Waals surface area contributed by atoms with E-state index in [4.69, 9.17) is 22.8 Å². The quantitative estimate of drug-likeness (QED) is 0.420. The summed E-state index contributed by atoms with van der Waals surface area (Å²) in [5.41, 5.74) is 1.08. The third-order valence-corrected chi connectivity index (χ3v) is 1.74. The van der Waals surface area contributed by atoms with Crippen LogP contribution < -0.4 is 4.74 Å². The molecule has 13 heavy (non-hydrogen) atoms. The van der Waals surface area contributed by atoms with Crippen molar-refractivity contribution < 1.29 is 9.47 Å². The van der Waals surface area contributed by atoms with Crippen LogP contribution in [0.3, 0.4) is 0 Å². The van der Waals surface area contributed by atoms with E-state index < -0.39 is 0 Å². The van der Waals surface area contributed by atoms with Gasteiger partial charge in [0.15, 0.2) is 0 Å². The number of rotatable bonds is 3. The maximum absolute atomic E-state index is 5.88. The summed E-state index contributed by atoms with van der Waals surface area (Å²) in [6.07, 6.45) is 6.87. The molecule has 0 amide bonds. The fraction of sp³-hybridized carbons (Fsp3) is 0.200. The van der Waals surface area contributed by atoms with E-state index in [0.717, 1.165) is 5.56 Å².